The second-order valence-corrected chi connectivity index (χ2v) is 7.27. The molecular weight excluding hydrogens is 274 g/mol. The van der Waals surface area contributed by atoms with Crippen molar-refractivity contribution in [2.75, 3.05) is 17.6 Å². The first-order valence-corrected chi connectivity index (χ1v) is 8.57. The molecule has 0 radical (unpaired) electrons. The topological polar surface area (TPSA) is 98.2 Å². The Morgan fingerprint density at radius 1 is 1.30 bits per heavy atom. The molecule has 1 aliphatic carbocycles. The number of sulfonamides is 1. The molecule has 1 aromatic rings. The van der Waals surface area contributed by atoms with Crippen LogP contribution in [-0.4, -0.2) is 15.0 Å². The Balaban J connectivity index is 2.17. The van der Waals surface area contributed by atoms with Crippen LogP contribution in [0.2, 0.25) is 0 Å². The van der Waals surface area contributed by atoms with Gasteiger partial charge < -0.3 is 11.1 Å². The molecule has 1 aromatic carbocycles. The summed E-state index contributed by atoms with van der Waals surface area (Å²) < 4.78 is 22.8. The van der Waals surface area contributed by atoms with E-state index >= 15 is 0 Å². The van der Waals surface area contributed by atoms with Crippen molar-refractivity contribution in [1.29, 1.82) is 0 Å². The van der Waals surface area contributed by atoms with Crippen LogP contribution in [0.1, 0.15) is 39.0 Å². The van der Waals surface area contributed by atoms with Gasteiger partial charge in [-0.25, -0.2) is 13.6 Å². The Labute approximate surface area is 120 Å². The molecule has 0 heterocycles. The predicted octanol–water partition coefficient (Wildman–Crippen LogP) is 2.30. The molecule has 0 amide bonds. The van der Waals surface area contributed by atoms with E-state index in [-0.39, 0.29) is 4.90 Å². The second-order valence-electron chi connectivity index (χ2n) is 5.71. The molecule has 0 aromatic heterocycles. The molecule has 0 unspecified atom stereocenters. The van der Waals surface area contributed by atoms with Crippen molar-refractivity contribution in [3.63, 3.8) is 0 Å². The van der Waals surface area contributed by atoms with Crippen LogP contribution in [-0.2, 0) is 10.0 Å². The Hall–Kier alpha value is -1.27. The number of benzene rings is 1. The van der Waals surface area contributed by atoms with E-state index < -0.39 is 10.0 Å². The van der Waals surface area contributed by atoms with E-state index in [1.54, 1.807) is 6.07 Å². The summed E-state index contributed by atoms with van der Waals surface area (Å²) in [5, 5.41) is 8.46. The Bertz CT molecular complexity index is 578. The van der Waals surface area contributed by atoms with Crippen molar-refractivity contribution in [3.8, 4) is 0 Å². The molecular formula is C14H23N3O2S. The van der Waals surface area contributed by atoms with Gasteiger partial charge in [-0.3, -0.25) is 0 Å². The molecule has 5 N–H and O–H groups in total. The van der Waals surface area contributed by atoms with Crippen molar-refractivity contribution >= 4 is 21.4 Å². The number of rotatable bonds is 5. The van der Waals surface area contributed by atoms with Gasteiger partial charge in [0.2, 0.25) is 10.0 Å². The minimum absolute atomic E-state index is 0.0890. The minimum atomic E-state index is -3.70. The number of nitrogens with two attached hydrogens (primary N) is 2. The van der Waals surface area contributed by atoms with Gasteiger partial charge in [0.05, 0.1) is 16.3 Å². The van der Waals surface area contributed by atoms with Crippen molar-refractivity contribution in [1.82, 2.24) is 0 Å². The number of nitrogen functional groups attached to an aromatic ring is 1. The molecule has 1 saturated carbocycles. The fourth-order valence-electron chi connectivity index (χ4n) is 2.93. The van der Waals surface area contributed by atoms with Crippen LogP contribution < -0.4 is 16.2 Å². The molecule has 1 aliphatic rings. The summed E-state index contributed by atoms with van der Waals surface area (Å²) in [5.41, 5.74) is 7.41. The van der Waals surface area contributed by atoms with Crippen molar-refractivity contribution in [2.45, 2.75) is 43.9 Å². The van der Waals surface area contributed by atoms with Gasteiger partial charge in [-0.15, -0.1) is 0 Å². The maximum atomic E-state index is 11.4. The van der Waals surface area contributed by atoms with Crippen LogP contribution in [0.25, 0.3) is 0 Å². The normalized spacial score (nSPS) is 18.1. The van der Waals surface area contributed by atoms with Crippen LogP contribution >= 0.6 is 0 Å². The third-order valence-electron chi connectivity index (χ3n) is 4.42. The van der Waals surface area contributed by atoms with Gasteiger partial charge >= 0.3 is 0 Å². The van der Waals surface area contributed by atoms with Gasteiger partial charge in [-0.1, -0.05) is 19.8 Å². The number of primary sulfonamides is 1. The largest absolute Gasteiger partial charge is 0.397 e. The second kappa shape index (κ2) is 5.61. The maximum absolute atomic E-state index is 11.4. The third kappa shape index (κ3) is 3.24. The smallest absolute Gasteiger partial charge is 0.238 e. The SMILES string of the molecule is CCC1(CNc2cc(S(N)(=O)=O)ccc2N)CCCC1. The highest BCUT2D eigenvalue weighted by Crippen LogP contribution is 2.41. The van der Waals surface area contributed by atoms with Crippen LogP contribution in [0.3, 0.4) is 0 Å². The Morgan fingerprint density at radius 2 is 1.95 bits per heavy atom. The van der Waals surface area contributed by atoms with E-state index in [0.717, 1.165) is 13.0 Å². The van der Waals surface area contributed by atoms with Gasteiger partial charge in [0.1, 0.15) is 0 Å². The summed E-state index contributed by atoms with van der Waals surface area (Å²) in [6, 6.07) is 4.53. The van der Waals surface area contributed by atoms with Gasteiger partial charge in [0.25, 0.3) is 0 Å². The molecule has 112 valence electrons. The predicted molar refractivity (Wildman–Crippen MR) is 81.9 cm³/mol. The lowest BCUT2D eigenvalue weighted by molar-refractivity contribution is 0.307. The molecule has 0 atom stereocenters. The highest BCUT2D eigenvalue weighted by Gasteiger charge is 2.31. The Kier molecular flexibility index (Phi) is 4.25. The summed E-state index contributed by atoms with van der Waals surface area (Å²) in [7, 11) is -3.70. The molecule has 5 nitrogen and oxygen atoms in total. The summed E-state index contributed by atoms with van der Waals surface area (Å²) in [5.74, 6) is 0. The van der Waals surface area contributed by atoms with Crippen LogP contribution in [0.15, 0.2) is 23.1 Å². The average molecular weight is 297 g/mol. The average Bonchev–Trinajstić information content (AvgIpc) is 2.86. The molecule has 0 aliphatic heterocycles. The van der Waals surface area contributed by atoms with Gasteiger partial charge in [0.15, 0.2) is 0 Å². The first kappa shape index (κ1) is 15.1. The van der Waals surface area contributed by atoms with E-state index in [1.807, 2.05) is 0 Å². The lowest BCUT2D eigenvalue weighted by Gasteiger charge is -2.28. The summed E-state index contributed by atoms with van der Waals surface area (Å²) >= 11 is 0. The zero-order chi connectivity index (χ0) is 14.8. The van der Waals surface area contributed by atoms with E-state index in [4.69, 9.17) is 10.9 Å². The van der Waals surface area contributed by atoms with E-state index in [2.05, 4.69) is 12.2 Å². The number of nitrogens with one attached hydrogen (secondary N) is 1. The van der Waals surface area contributed by atoms with Crippen LogP contribution in [0.5, 0.6) is 0 Å². The van der Waals surface area contributed by atoms with Crippen LogP contribution in [0.4, 0.5) is 11.4 Å². The molecule has 6 heteroatoms. The molecule has 1 fully saturated rings. The molecule has 2 rings (SSSR count). The molecule has 20 heavy (non-hydrogen) atoms. The summed E-state index contributed by atoms with van der Waals surface area (Å²) in [6.45, 7) is 3.03. The summed E-state index contributed by atoms with van der Waals surface area (Å²) in [4.78, 5) is 0.0890. The lowest BCUT2D eigenvalue weighted by atomic mass is 9.83. The zero-order valence-corrected chi connectivity index (χ0v) is 12.7. The third-order valence-corrected chi connectivity index (χ3v) is 5.33. The fraction of sp³-hybridized carbons (Fsp3) is 0.571. The Morgan fingerprint density at radius 3 is 2.50 bits per heavy atom. The lowest BCUT2D eigenvalue weighted by Crippen LogP contribution is -2.26. The van der Waals surface area contributed by atoms with Gasteiger partial charge in [-0.05, 0) is 42.9 Å². The molecule has 0 saturated heterocycles. The van der Waals surface area contributed by atoms with Crippen molar-refractivity contribution in [3.05, 3.63) is 18.2 Å². The zero-order valence-electron chi connectivity index (χ0n) is 11.9. The summed E-state index contributed by atoms with van der Waals surface area (Å²) in [6.07, 6.45) is 6.08. The van der Waals surface area contributed by atoms with Crippen LogP contribution in [0, 0.1) is 5.41 Å². The standard InChI is InChI=1S/C14H23N3O2S/c1-2-14(7-3-4-8-14)10-17-13-9-11(20(16,18)19)5-6-12(13)15/h5-6,9,17H,2-4,7-8,10,15H2,1H3,(H2,16,18,19). The fourth-order valence-corrected chi connectivity index (χ4v) is 3.47. The number of hydrogen-bond acceptors (Lipinski definition) is 4. The van der Waals surface area contributed by atoms with Gasteiger partial charge in [-0.2, -0.15) is 0 Å². The molecule has 0 spiro atoms. The first-order valence-electron chi connectivity index (χ1n) is 7.02. The maximum Gasteiger partial charge on any atom is 0.238 e. The highest BCUT2D eigenvalue weighted by atomic mass is 32.2. The van der Waals surface area contributed by atoms with Crippen molar-refractivity contribution in [2.24, 2.45) is 10.6 Å². The quantitative estimate of drug-likeness (QED) is 0.726. The van der Waals surface area contributed by atoms with E-state index in [1.165, 1.54) is 37.8 Å². The number of hydrogen-bond donors (Lipinski definition) is 3. The van der Waals surface area contributed by atoms with E-state index in [9.17, 15) is 8.42 Å². The van der Waals surface area contributed by atoms with Gasteiger partial charge in [0, 0.05) is 6.54 Å². The van der Waals surface area contributed by atoms with Crippen molar-refractivity contribution < 1.29 is 8.42 Å². The highest BCUT2D eigenvalue weighted by molar-refractivity contribution is 7.89. The minimum Gasteiger partial charge on any atom is -0.397 e. The number of anilines is 2. The first-order chi connectivity index (χ1) is 9.36. The monoisotopic (exact) mass is 297 g/mol. The molecule has 0 bridgehead atoms. The van der Waals surface area contributed by atoms with E-state index in [0.29, 0.717) is 16.8 Å².